The third-order valence-electron chi connectivity index (χ3n) is 3.78. The van der Waals surface area contributed by atoms with Gasteiger partial charge in [0.05, 0.1) is 4.90 Å². The van der Waals surface area contributed by atoms with Crippen molar-refractivity contribution in [2.24, 2.45) is 0 Å². The molecule has 2 N–H and O–H groups in total. The zero-order valence-electron chi connectivity index (χ0n) is 14.1. The lowest BCUT2D eigenvalue weighted by Gasteiger charge is -2.10. The average Bonchev–Trinajstić information content (AvgIpc) is 2.51. The fourth-order valence-corrected chi connectivity index (χ4v) is 3.29. The van der Waals surface area contributed by atoms with Gasteiger partial charge in [0.1, 0.15) is 0 Å². The van der Waals surface area contributed by atoms with E-state index in [9.17, 15) is 13.2 Å². The van der Waals surface area contributed by atoms with E-state index >= 15 is 0 Å². The van der Waals surface area contributed by atoms with Gasteiger partial charge in [-0.05, 0) is 61.2 Å². The molecular formula is C18H22N2O3S. The van der Waals surface area contributed by atoms with Gasteiger partial charge in [0.2, 0.25) is 5.91 Å². The van der Waals surface area contributed by atoms with Crippen LogP contribution in [0.25, 0.3) is 0 Å². The zero-order valence-corrected chi connectivity index (χ0v) is 14.9. The lowest BCUT2D eigenvalue weighted by atomic mass is 10.1. The third-order valence-corrected chi connectivity index (χ3v) is 5.18. The van der Waals surface area contributed by atoms with Crippen LogP contribution in [-0.2, 0) is 21.2 Å². The summed E-state index contributed by atoms with van der Waals surface area (Å²) in [5.41, 5.74) is 3.66. The number of rotatable bonds is 6. The van der Waals surface area contributed by atoms with Crippen LogP contribution in [0.5, 0.6) is 0 Å². The Morgan fingerprint density at radius 2 is 1.67 bits per heavy atom. The minimum atomic E-state index is -3.61. The number of hydrogen-bond donors (Lipinski definition) is 2. The summed E-state index contributed by atoms with van der Waals surface area (Å²) in [7, 11) is -3.61. The van der Waals surface area contributed by atoms with Gasteiger partial charge >= 0.3 is 0 Å². The molecule has 0 fully saturated rings. The van der Waals surface area contributed by atoms with Gasteiger partial charge in [-0.25, -0.2) is 8.42 Å². The van der Waals surface area contributed by atoms with Crippen LogP contribution < -0.4 is 10.0 Å². The van der Waals surface area contributed by atoms with E-state index in [-0.39, 0.29) is 10.8 Å². The van der Waals surface area contributed by atoms with E-state index in [4.69, 9.17) is 0 Å². The van der Waals surface area contributed by atoms with Gasteiger partial charge < -0.3 is 5.32 Å². The molecule has 0 radical (unpaired) electrons. The summed E-state index contributed by atoms with van der Waals surface area (Å²) in [6, 6.07) is 12.1. The largest absolute Gasteiger partial charge is 0.356 e. The van der Waals surface area contributed by atoms with Gasteiger partial charge in [-0.1, -0.05) is 18.2 Å². The first-order chi connectivity index (χ1) is 11.3. The van der Waals surface area contributed by atoms with Crippen LogP contribution in [0.2, 0.25) is 0 Å². The number of benzene rings is 2. The lowest BCUT2D eigenvalue weighted by molar-refractivity contribution is -0.118. The molecule has 0 saturated carbocycles. The molecule has 0 spiro atoms. The van der Waals surface area contributed by atoms with Crippen LogP contribution in [0.15, 0.2) is 47.4 Å². The highest BCUT2D eigenvalue weighted by Crippen LogP contribution is 2.19. The monoisotopic (exact) mass is 346 g/mol. The summed E-state index contributed by atoms with van der Waals surface area (Å²) in [4.78, 5) is 11.1. The molecule has 0 aromatic heterocycles. The number of aryl methyl sites for hydroxylation is 2. The summed E-state index contributed by atoms with van der Waals surface area (Å²) < 4.78 is 27.5. The van der Waals surface area contributed by atoms with E-state index in [0.29, 0.717) is 18.7 Å². The molecule has 24 heavy (non-hydrogen) atoms. The van der Waals surface area contributed by atoms with Crippen LogP contribution in [0.4, 0.5) is 5.69 Å². The molecule has 0 bridgehead atoms. The molecule has 0 unspecified atom stereocenters. The van der Waals surface area contributed by atoms with Gasteiger partial charge in [0.25, 0.3) is 10.0 Å². The molecule has 0 aliphatic carbocycles. The van der Waals surface area contributed by atoms with Crippen molar-refractivity contribution in [3.05, 3.63) is 59.2 Å². The summed E-state index contributed by atoms with van der Waals surface area (Å²) >= 11 is 0. The molecule has 6 heteroatoms. The van der Waals surface area contributed by atoms with Gasteiger partial charge in [-0.3, -0.25) is 9.52 Å². The second-order valence-corrected chi connectivity index (χ2v) is 7.46. The first-order valence-electron chi connectivity index (χ1n) is 7.71. The fraction of sp³-hybridized carbons (Fsp3) is 0.278. The highest BCUT2D eigenvalue weighted by Gasteiger charge is 2.14. The Kier molecular flexibility index (Phi) is 5.62. The molecule has 5 nitrogen and oxygen atoms in total. The SMILES string of the molecule is CC(=O)NCCc1ccc(S(=O)(=O)Nc2ccc(C)c(C)c2)cc1. The molecule has 0 aliphatic rings. The van der Waals surface area contributed by atoms with Crippen molar-refractivity contribution >= 4 is 21.6 Å². The zero-order chi connectivity index (χ0) is 17.7. The Balaban J connectivity index is 2.08. The van der Waals surface area contributed by atoms with Crippen molar-refractivity contribution in [3.8, 4) is 0 Å². The van der Waals surface area contributed by atoms with Crippen molar-refractivity contribution in [3.63, 3.8) is 0 Å². The van der Waals surface area contributed by atoms with E-state index < -0.39 is 10.0 Å². The molecule has 0 atom stereocenters. The predicted molar refractivity (Wildman–Crippen MR) is 95.6 cm³/mol. The predicted octanol–water partition coefficient (Wildman–Crippen LogP) is 2.78. The molecule has 2 aromatic carbocycles. The second-order valence-electron chi connectivity index (χ2n) is 5.78. The Labute approximate surface area is 143 Å². The van der Waals surface area contributed by atoms with E-state index in [1.807, 2.05) is 26.0 Å². The first kappa shape index (κ1) is 18.0. The summed E-state index contributed by atoms with van der Waals surface area (Å²) in [5.74, 6) is -0.0770. The lowest BCUT2D eigenvalue weighted by Crippen LogP contribution is -2.22. The van der Waals surface area contributed by atoms with Gasteiger partial charge in [-0.15, -0.1) is 0 Å². The Morgan fingerprint density at radius 3 is 2.25 bits per heavy atom. The highest BCUT2D eigenvalue weighted by molar-refractivity contribution is 7.92. The maximum Gasteiger partial charge on any atom is 0.261 e. The molecule has 2 rings (SSSR count). The number of carbonyl (C=O) groups excluding carboxylic acids is 1. The normalized spacial score (nSPS) is 11.1. The Morgan fingerprint density at radius 1 is 1.00 bits per heavy atom. The van der Waals surface area contributed by atoms with Gasteiger partial charge in [0.15, 0.2) is 0 Å². The maximum atomic E-state index is 12.4. The molecule has 0 saturated heterocycles. The van der Waals surface area contributed by atoms with E-state index in [1.165, 1.54) is 6.92 Å². The first-order valence-corrected chi connectivity index (χ1v) is 9.20. The van der Waals surface area contributed by atoms with E-state index in [2.05, 4.69) is 10.0 Å². The van der Waals surface area contributed by atoms with Gasteiger partial charge in [-0.2, -0.15) is 0 Å². The highest BCUT2D eigenvalue weighted by atomic mass is 32.2. The summed E-state index contributed by atoms with van der Waals surface area (Å²) in [6.07, 6.45) is 0.657. The molecule has 0 aliphatic heterocycles. The van der Waals surface area contributed by atoms with Crippen molar-refractivity contribution < 1.29 is 13.2 Å². The Hall–Kier alpha value is -2.34. The standard InChI is InChI=1S/C18H22N2O3S/c1-13-4-7-17(12-14(13)2)20-24(22,23)18-8-5-16(6-9-18)10-11-19-15(3)21/h4-9,12,20H,10-11H2,1-3H3,(H,19,21). The molecule has 2 aromatic rings. The van der Waals surface area contributed by atoms with Crippen LogP contribution in [0, 0.1) is 13.8 Å². The van der Waals surface area contributed by atoms with Crippen molar-refractivity contribution in [2.45, 2.75) is 32.1 Å². The number of hydrogen-bond acceptors (Lipinski definition) is 3. The minimum absolute atomic E-state index is 0.0770. The molecule has 1 amide bonds. The average molecular weight is 346 g/mol. The van der Waals surface area contributed by atoms with E-state index in [0.717, 1.165) is 16.7 Å². The van der Waals surface area contributed by atoms with Crippen LogP contribution in [0.3, 0.4) is 0 Å². The topological polar surface area (TPSA) is 75.3 Å². The second kappa shape index (κ2) is 7.49. The molecule has 128 valence electrons. The van der Waals surface area contributed by atoms with E-state index in [1.54, 1.807) is 30.3 Å². The number of nitrogens with one attached hydrogen (secondary N) is 2. The van der Waals surface area contributed by atoms with Crippen LogP contribution in [0.1, 0.15) is 23.6 Å². The molecule has 0 heterocycles. The quantitative estimate of drug-likeness (QED) is 0.844. The fourth-order valence-electron chi connectivity index (χ4n) is 2.24. The number of anilines is 1. The van der Waals surface area contributed by atoms with Crippen molar-refractivity contribution in [2.75, 3.05) is 11.3 Å². The summed E-state index contributed by atoms with van der Waals surface area (Å²) in [5, 5.41) is 2.71. The van der Waals surface area contributed by atoms with Gasteiger partial charge in [0, 0.05) is 19.2 Å². The molecular weight excluding hydrogens is 324 g/mol. The van der Waals surface area contributed by atoms with Crippen molar-refractivity contribution in [1.29, 1.82) is 0 Å². The number of amides is 1. The smallest absolute Gasteiger partial charge is 0.261 e. The Bertz CT molecular complexity index is 828. The maximum absolute atomic E-state index is 12.4. The number of sulfonamides is 1. The number of carbonyl (C=O) groups is 1. The summed E-state index contributed by atoms with van der Waals surface area (Å²) in [6.45, 7) is 5.92. The minimum Gasteiger partial charge on any atom is -0.356 e. The van der Waals surface area contributed by atoms with Crippen LogP contribution in [-0.4, -0.2) is 20.9 Å². The van der Waals surface area contributed by atoms with Crippen molar-refractivity contribution in [1.82, 2.24) is 5.32 Å². The van der Waals surface area contributed by atoms with Crippen LogP contribution >= 0.6 is 0 Å². The third kappa shape index (κ3) is 4.83.